The molecule has 0 amide bonds. The van der Waals surface area contributed by atoms with Crippen molar-refractivity contribution in [3.8, 4) is 5.75 Å². The van der Waals surface area contributed by atoms with Gasteiger partial charge in [0.15, 0.2) is 0 Å². The molecule has 4 nitrogen and oxygen atoms in total. The Hall–Kier alpha value is -1.84. The molecule has 0 aliphatic carbocycles. The summed E-state index contributed by atoms with van der Waals surface area (Å²) in [7, 11) is 0. The van der Waals surface area contributed by atoms with Gasteiger partial charge in [0.2, 0.25) is 0 Å². The van der Waals surface area contributed by atoms with E-state index < -0.39 is 0 Å². The van der Waals surface area contributed by atoms with Gasteiger partial charge >= 0.3 is 11.9 Å². The molecule has 1 aromatic rings. The Morgan fingerprint density at radius 3 is 1.56 bits per heavy atom. The number of hydrogen-bond donors (Lipinski definition) is 0. The maximum atomic E-state index is 12.0. The molecule has 0 aliphatic heterocycles. The molecule has 0 radical (unpaired) electrons. The maximum absolute atomic E-state index is 12.0. The van der Waals surface area contributed by atoms with Crippen LogP contribution in [0.25, 0.3) is 0 Å². The molecule has 0 saturated carbocycles. The zero-order valence-electron chi connectivity index (χ0n) is 22.3. The van der Waals surface area contributed by atoms with Crippen LogP contribution in [-0.2, 0) is 14.3 Å². The zero-order chi connectivity index (χ0) is 24.9. The highest BCUT2D eigenvalue weighted by Crippen LogP contribution is 2.17. The van der Waals surface area contributed by atoms with Crippen molar-refractivity contribution in [1.29, 1.82) is 0 Å². The van der Waals surface area contributed by atoms with E-state index in [1.54, 1.807) is 0 Å². The third kappa shape index (κ3) is 17.6. The van der Waals surface area contributed by atoms with Gasteiger partial charge in [0, 0.05) is 12.8 Å². The number of carbonyl (C=O) groups excluding carboxylic acids is 2. The first kappa shape index (κ1) is 30.2. The SMILES string of the molecule is CCCCCCCCCCCCOC(=O)CCCCCCCCC(=O)Oc1cc(C)cc(C)c1. The maximum Gasteiger partial charge on any atom is 0.311 e. The third-order valence-electron chi connectivity index (χ3n) is 6.20. The number of aryl methyl sites for hydroxylation is 2. The van der Waals surface area contributed by atoms with Crippen LogP contribution in [0.1, 0.15) is 134 Å². The molecular formula is C30H50O4. The summed E-state index contributed by atoms with van der Waals surface area (Å²) in [6, 6.07) is 5.86. The fraction of sp³-hybridized carbons (Fsp3) is 0.733. The van der Waals surface area contributed by atoms with Crippen molar-refractivity contribution in [3.05, 3.63) is 29.3 Å². The summed E-state index contributed by atoms with van der Waals surface area (Å²) in [5, 5.41) is 0. The molecule has 0 fully saturated rings. The number of benzene rings is 1. The molecule has 0 saturated heterocycles. The van der Waals surface area contributed by atoms with Crippen molar-refractivity contribution in [2.24, 2.45) is 0 Å². The van der Waals surface area contributed by atoms with E-state index in [4.69, 9.17) is 9.47 Å². The lowest BCUT2D eigenvalue weighted by molar-refractivity contribution is -0.144. The first-order valence-corrected chi connectivity index (χ1v) is 14.0. The Morgan fingerprint density at radius 1 is 0.588 bits per heavy atom. The second-order valence-corrected chi connectivity index (χ2v) is 9.82. The average molecular weight is 475 g/mol. The highest BCUT2D eigenvalue weighted by molar-refractivity contribution is 5.72. The number of esters is 2. The number of unbranched alkanes of at least 4 members (excludes halogenated alkanes) is 14. The molecule has 0 aliphatic rings. The van der Waals surface area contributed by atoms with E-state index >= 15 is 0 Å². The second kappa shape index (κ2) is 20.5. The minimum absolute atomic E-state index is 0.0509. The van der Waals surface area contributed by atoms with E-state index in [-0.39, 0.29) is 11.9 Å². The average Bonchev–Trinajstić information content (AvgIpc) is 2.78. The number of hydrogen-bond acceptors (Lipinski definition) is 4. The van der Waals surface area contributed by atoms with Crippen molar-refractivity contribution in [2.45, 2.75) is 136 Å². The number of carbonyl (C=O) groups is 2. The molecule has 4 heteroatoms. The van der Waals surface area contributed by atoms with Crippen LogP contribution in [0.3, 0.4) is 0 Å². The van der Waals surface area contributed by atoms with Crippen LogP contribution < -0.4 is 4.74 Å². The summed E-state index contributed by atoms with van der Waals surface area (Å²) < 4.78 is 10.8. The van der Waals surface area contributed by atoms with Gasteiger partial charge in [-0.25, -0.2) is 0 Å². The molecular weight excluding hydrogens is 424 g/mol. The van der Waals surface area contributed by atoms with Crippen molar-refractivity contribution in [3.63, 3.8) is 0 Å². The Labute approximate surface area is 209 Å². The zero-order valence-corrected chi connectivity index (χ0v) is 22.3. The van der Waals surface area contributed by atoms with Gasteiger partial charge in [0.1, 0.15) is 5.75 Å². The second-order valence-electron chi connectivity index (χ2n) is 9.82. The standard InChI is InChI=1S/C30H50O4/c1-4-5-6-7-8-9-10-13-16-19-22-33-29(31)20-17-14-11-12-15-18-21-30(32)34-28-24-26(2)23-27(3)25-28/h23-25H,4-22H2,1-3H3. The van der Waals surface area contributed by atoms with Gasteiger partial charge in [-0.3, -0.25) is 9.59 Å². The lowest BCUT2D eigenvalue weighted by Gasteiger charge is -2.07. The summed E-state index contributed by atoms with van der Waals surface area (Å²) in [4.78, 5) is 23.8. The van der Waals surface area contributed by atoms with Crippen molar-refractivity contribution in [2.75, 3.05) is 6.61 Å². The monoisotopic (exact) mass is 474 g/mol. The van der Waals surface area contributed by atoms with E-state index in [2.05, 4.69) is 13.0 Å². The largest absolute Gasteiger partial charge is 0.466 e. The van der Waals surface area contributed by atoms with Crippen LogP contribution in [0.2, 0.25) is 0 Å². The molecule has 0 bridgehead atoms. The van der Waals surface area contributed by atoms with Crippen LogP contribution in [-0.4, -0.2) is 18.5 Å². The van der Waals surface area contributed by atoms with Gasteiger partial charge < -0.3 is 9.47 Å². The van der Waals surface area contributed by atoms with Gasteiger partial charge in [0.25, 0.3) is 0 Å². The van der Waals surface area contributed by atoms with Crippen LogP contribution >= 0.6 is 0 Å². The predicted molar refractivity (Wildman–Crippen MR) is 141 cm³/mol. The smallest absolute Gasteiger partial charge is 0.311 e. The van der Waals surface area contributed by atoms with Gasteiger partial charge in [-0.15, -0.1) is 0 Å². The predicted octanol–water partition coefficient (Wildman–Crippen LogP) is 8.79. The third-order valence-corrected chi connectivity index (χ3v) is 6.20. The molecule has 194 valence electrons. The van der Waals surface area contributed by atoms with Gasteiger partial charge in [-0.2, -0.15) is 0 Å². The van der Waals surface area contributed by atoms with Crippen molar-refractivity contribution < 1.29 is 19.1 Å². The van der Waals surface area contributed by atoms with Crippen molar-refractivity contribution >= 4 is 11.9 Å². The van der Waals surface area contributed by atoms with E-state index in [0.29, 0.717) is 25.2 Å². The van der Waals surface area contributed by atoms with Gasteiger partial charge in [-0.05, 0) is 56.4 Å². The van der Waals surface area contributed by atoms with Crippen LogP contribution in [0.5, 0.6) is 5.75 Å². The molecule has 1 rings (SSSR count). The van der Waals surface area contributed by atoms with Gasteiger partial charge in [0.05, 0.1) is 6.61 Å². The van der Waals surface area contributed by atoms with E-state index in [1.165, 1.54) is 57.8 Å². The fourth-order valence-electron chi connectivity index (χ4n) is 4.27. The Kier molecular flexibility index (Phi) is 18.2. The summed E-state index contributed by atoms with van der Waals surface area (Å²) in [6.07, 6.45) is 19.9. The molecule has 0 aromatic heterocycles. The van der Waals surface area contributed by atoms with E-state index in [1.807, 2.05) is 26.0 Å². The van der Waals surface area contributed by atoms with E-state index in [0.717, 1.165) is 56.1 Å². The summed E-state index contributed by atoms with van der Waals surface area (Å²) in [5.41, 5.74) is 2.20. The lowest BCUT2D eigenvalue weighted by Crippen LogP contribution is -2.07. The van der Waals surface area contributed by atoms with Crippen LogP contribution in [0, 0.1) is 13.8 Å². The molecule has 34 heavy (non-hydrogen) atoms. The molecule has 1 aromatic carbocycles. The number of rotatable bonds is 21. The molecule has 0 N–H and O–H groups in total. The number of ether oxygens (including phenoxy) is 2. The van der Waals surface area contributed by atoms with Crippen LogP contribution in [0.4, 0.5) is 0 Å². The molecule has 0 heterocycles. The molecule has 0 unspecified atom stereocenters. The van der Waals surface area contributed by atoms with Crippen molar-refractivity contribution in [1.82, 2.24) is 0 Å². The quantitative estimate of drug-likeness (QED) is 0.101. The van der Waals surface area contributed by atoms with Gasteiger partial charge in [-0.1, -0.05) is 96.5 Å². The topological polar surface area (TPSA) is 52.6 Å². The minimum atomic E-state index is -0.157. The Bertz CT molecular complexity index is 648. The minimum Gasteiger partial charge on any atom is -0.466 e. The fourth-order valence-corrected chi connectivity index (χ4v) is 4.27. The summed E-state index contributed by atoms with van der Waals surface area (Å²) >= 11 is 0. The highest BCUT2D eigenvalue weighted by Gasteiger charge is 2.06. The molecule has 0 spiro atoms. The first-order valence-electron chi connectivity index (χ1n) is 14.0. The van der Waals surface area contributed by atoms with E-state index in [9.17, 15) is 9.59 Å². The normalized spacial score (nSPS) is 10.9. The molecule has 0 atom stereocenters. The summed E-state index contributed by atoms with van der Waals surface area (Å²) in [5.74, 6) is 0.433. The van der Waals surface area contributed by atoms with Crippen LogP contribution in [0.15, 0.2) is 18.2 Å². The Balaban J connectivity index is 1.85. The lowest BCUT2D eigenvalue weighted by atomic mass is 10.1. The Morgan fingerprint density at radius 2 is 1.03 bits per heavy atom. The first-order chi connectivity index (χ1) is 16.5. The summed E-state index contributed by atoms with van der Waals surface area (Å²) in [6.45, 7) is 6.84. The highest BCUT2D eigenvalue weighted by atomic mass is 16.5.